The molecule has 1 amide bonds. The van der Waals surface area contributed by atoms with Gasteiger partial charge in [-0.15, -0.1) is 0 Å². The van der Waals surface area contributed by atoms with Crippen molar-refractivity contribution in [2.75, 3.05) is 18.6 Å². The standard InChI is InChI=1S/C14H26N2O2S/c1-11(2)12-15-14(7-4-5-8-14)13(17)16(12)9-6-10-19(3)18/h11-12,15H,4-10H2,1-3H3. The van der Waals surface area contributed by atoms with Crippen molar-refractivity contribution in [2.45, 2.75) is 57.7 Å². The van der Waals surface area contributed by atoms with Gasteiger partial charge in [-0.2, -0.15) is 0 Å². The summed E-state index contributed by atoms with van der Waals surface area (Å²) in [6, 6.07) is 0. The molecular weight excluding hydrogens is 260 g/mol. The molecule has 2 atom stereocenters. The molecule has 19 heavy (non-hydrogen) atoms. The van der Waals surface area contributed by atoms with Gasteiger partial charge in [0.25, 0.3) is 0 Å². The zero-order valence-corrected chi connectivity index (χ0v) is 13.1. The van der Waals surface area contributed by atoms with Crippen molar-refractivity contribution in [3.8, 4) is 0 Å². The Morgan fingerprint density at radius 1 is 1.42 bits per heavy atom. The Balaban J connectivity index is 2.05. The summed E-state index contributed by atoms with van der Waals surface area (Å²) in [7, 11) is -0.768. The molecule has 1 saturated heterocycles. The van der Waals surface area contributed by atoms with Crippen LogP contribution in [0.3, 0.4) is 0 Å². The third-order valence-electron chi connectivity index (χ3n) is 4.35. The molecule has 4 nitrogen and oxygen atoms in total. The van der Waals surface area contributed by atoms with Gasteiger partial charge in [0.05, 0.1) is 11.7 Å². The second-order valence-corrected chi connectivity index (χ2v) is 7.81. The molecule has 1 aliphatic carbocycles. The molecule has 1 spiro atoms. The highest BCUT2D eigenvalue weighted by atomic mass is 32.2. The normalized spacial score (nSPS) is 27.7. The minimum atomic E-state index is -0.768. The first-order valence-corrected chi connectivity index (χ1v) is 9.08. The molecule has 110 valence electrons. The topological polar surface area (TPSA) is 49.4 Å². The summed E-state index contributed by atoms with van der Waals surface area (Å²) in [4.78, 5) is 14.7. The third kappa shape index (κ3) is 3.02. The van der Waals surface area contributed by atoms with Crippen molar-refractivity contribution >= 4 is 16.7 Å². The van der Waals surface area contributed by atoms with Crippen molar-refractivity contribution in [1.29, 1.82) is 0 Å². The Hall–Kier alpha value is -0.420. The minimum absolute atomic E-state index is 0.149. The molecule has 1 saturated carbocycles. The number of nitrogens with zero attached hydrogens (tertiary/aromatic N) is 1. The Labute approximate surface area is 118 Å². The van der Waals surface area contributed by atoms with Gasteiger partial charge in [-0.25, -0.2) is 0 Å². The molecule has 5 heteroatoms. The van der Waals surface area contributed by atoms with Crippen molar-refractivity contribution in [1.82, 2.24) is 10.2 Å². The van der Waals surface area contributed by atoms with Crippen LogP contribution in [0.4, 0.5) is 0 Å². The zero-order valence-electron chi connectivity index (χ0n) is 12.3. The monoisotopic (exact) mass is 286 g/mol. The van der Waals surface area contributed by atoms with Crippen molar-refractivity contribution in [3.05, 3.63) is 0 Å². The molecule has 2 aliphatic rings. The molecule has 0 bridgehead atoms. The maximum Gasteiger partial charge on any atom is 0.244 e. The average Bonchev–Trinajstić information content (AvgIpc) is 2.90. The molecule has 2 fully saturated rings. The van der Waals surface area contributed by atoms with Gasteiger partial charge >= 0.3 is 0 Å². The van der Waals surface area contributed by atoms with Gasteiger partial charge in [-0.1, -0.05) is 26.7 Å². The quantitative estimate of drug-likeness (QED) is 0.833. The van der Waals surface area contributed by atoms with E-state index in [9.17, 15) is 9.00 Å². The lowest BCUT2D eigenvalue weighted by Crippen LogP contribution is -2.45. The summed E-state index contributed by atoms with van der Waals surface area (Å²) in [5.74, 6) is 1.38. The van der Waals surface area contributed by atoms with Crippen LogP contribution in [0, 0.1) is 5.92 Å². The van der Waals surface area contributed by atoms with Crippen LogP contribution in [0.5, 0.6) is 0 Å². The summed E-state index contributed by atoms with van der Waals surface area (Å²) >= 11 is 0. The van der Waals surface area contributed by atoms with Crippen LogP contribution in [-0.4, -0.2) is 45.3 Å². The summed E-state index contributed by atoms with van der Waals surface area (Å²) in [5.41, 5.74) is -0.277. The van der Waals surface area contributed by atoms with E-state index in [1.807, 2.05) is 4.90 Å². The van der Waals surface area contributed by atoms with Crippen LogP contribution in [0.2, 0.25) is 0 Å². The summed E-state index contributed by atoms with van der Waals surface area (Å²) in [6.45, 7) is 5.05. The summed E-state index contributed by atoms with van der Waals surface area (Å²) < 4.78 is 11.2. The fourth-order valence-electron chi connectivity index (χ4n) is 3.37. The molecule has 1 aliphatic heterocycles. The highest BCUT2D eigenvalue weighted by Gasteiger charge is 2.52. The lowest BCUT2D eigenvalue weighted by Gasteiger charge is -2.27. The molecule has 1 heterocycles. The van der Waals surface area contributed by atoms with Gasteiger partial charge in [0.2, 0.25) is 5.91 Å². The van der Waals surface area contributed by atoms with Gasteiger partial charge in [0.1, 0.15) is 0 Å². The minimum Gasteiger partial charge on any atom is -0.325 e. The first-order chi connectivity index (χ1) is 8.96. The molecular formula is C14H26N2O2S. The van der Waals surface area contributed by atoms with E-state index in [4.69, 9.17) is 0 Å². The van der Waals surface area contributed by atoms with E-state index < -0.39 is 10.8 Å². The van der Waals surface area contributed by atoms with Gasteiger partial charge in [-0.05, 0) is 25.2 Å². The first-order valence-electron chi connectivity index (χ1n) is 7.35. The van der Waals surface area contributed by atoms with E-state index in [0.29, 0.717) is 11.7 Å². The van der Waals surface area contributed by atoms with E-state index in [0.717, 1.165) is 38.6 Å². The van der Waals surface area contributed by atoms with Crippen LogP contribution in [0.25, 0.3) is 0 Å². The fraction of sp³-hybridized carbons (Fsp3) is 0.929. The van der Waals surface area contributed by atoms with Gasteiger partial charge in [-0.3, -0.25) is 14.3 Å². The Kier molecular flexibility index (Phi) is 4.66. The Morgan fingerprint density at radius 3 is 2.58 bits per heavy atom. The van der Waals surface area contributed by atoms with E-state index in [1.54, 1.807) is 6.26 Å². The zero-order chi connectivity index (χ0) is 14.0. The van der Waals surface area contributed by atoms with Crippen LogP contribution in [-0.2, 0) is 15.6 Å². The SMILES string of the molecule is CC(C)C1NC2(CCCC2)C(=O)N1CCCS(C)=O. The van der Waals surface area contributed by atoms with Crippen molar-refractivity contribution in [2.24, 2.45) is 5.92 Å². The first kappa shape index (κ1) is 15.0. The second kappa shape index (κ2) is 5.92. The van der Waals surface area contributed by atoms with E-state index in [1.165, 1.54) is 0 Å². The lowest BCUT2D eigenvalue weighted by molar-refractivity contribution is -0.133. The van der Waals surface area contributed by atoms with E-state index in [-0.39, 0.29) is 17.6 Å². The third-order valence-corrected chi connectivity index (χ3v) is 5.21. The maximum absolute atomic E-state index is 12.7. The number of rotatable bonds is 5. The van der Waals surface area contributed by atoms with Crippen LogP contribution in [0.1, 0.15) is 46.0 Å². The average molecular weight is 286 g/mol. The van der Waals surface area contributed by atoms with Gasteiger partial charge < -0.3 is 4.90 Å². The smallest absolute Gasteiger partial charge is 0.244 e. The number of hydrogen-bond donors (Lipinski definition) is 1. The molecule has 0 aromatic carbocycles. The number of carbonyl (C=O) groups excluding carboxylic acids is 1. The largest absolute Gasteiger partial charge is 0.325 e. The number of amides is 1. The number of hydrogen-bond acceptors (Lipinski definition) is 3. The molecule has 0 aromatic rings. The Bertz CT molecular complexity index is 364. The summed E-state index contributed by atoms with van der Waals surface area (Å²) in [5, 5.41) is 3.60. The van der Waals surface area contributed by atoms with E-state index in [2.05, 4.69) is 19.2 Å². The Morgan fingerprint density at radius 2 is 2.05 bits per heavy atom. The molecule has 2 unspecified atom stereocenters. The predicted octanol–water partition coefficient (Wildman–Crippen LogP) is 1.48. The van der Waals surface area contributed by atoms with Gasteiger partial charge in [0, 0.05) is 29.4 Å². The van der Waals surface area contributed by atoms with Gasteiger partial charge in [0.15, 0.2) is 0 Å². The highest BCUT2D eigenvalue weighted by Crippen LogP contribution is 2.37. The molecule has 0 aromatic heterocycles. The van der Waals surface area contributed by atoms with Crippen molar-refractivity contribution < 1.29 is 9.00 Å². The van der Waals surface area contributed by atoms with Crippen LogP contribution >= 0.6 is 0 Å². The highest BCUT2D eigenvalue weighted by molar-refractivity contribution is 7.84. The van der Waals surface area contributed by atoms with Crippen LogP contribution < -0.4 is 5.32 Å². The predicted molar refractivity (Wildman–Crippen MR) is 78.2 cm³/mol. The molecule has 0 radical (unpaired) electrons. The number of nitrogens with one attached hydrogen (secondary N) is 1. The van der Waals surface area contributed by atoms with Crippen molar-refractivity contribution in [3.63, 3.8) is 0 Å². The molecule has 2 rings (SSSR count). The van der Waals surface area contributed by atoms with Crippen LogP contribution in [0.15, 0.2) is 0 Å². The second-order valence-electron chi connectivity index (χ2n) is 6.25. The lowest BCUT2D eigenvalue weighted by atomic mass is 9.98. The number of carbonyl (C=O) groups is 1. The van der Waals surface area contributed by atoms with E-state index >= 15 is 0 Å². The fourth-order valence-corrected chi connectivity index (χ4v) is 3.90. The summed E-state index contributed by atoms with van der Waals surface area (Å²) in [6.07, 6.45) is 6.96. The maximum atomic E-state index is 12.7. The molecule has 1 N–H and O–H groups in total.